The highest BCUT2D eigenvalue weighted by Crippen LogP contribution is 2.21. The summed E-state index contributed by atoms with van der Waals surface area (Å²) in [4.78, 5) is 50.6. The summed E-state index contributed by atoms with van der Waals surface area (Å²) in [6.07, 6.45) is 0.242. The number of carbonyl (C=O) groups excluding carboxylic acids is 4. The summed E-state index contributed by atoms with van der Waals surface area (Å²) in [6.45, 7) is 9.21. The van der Waals surface area contributed by atoms with Crippen LogP contribution in [0.25, 0.3) is 0 Å². The Morgan fingerprint density at radius 1 is 1.18 bits per heavy atom. The summed E-state index contributed by atoms with van der Waals surface area (Å²) >= 11 is 0. The molecule has 28 heavy (non-hydrogen) atoms. The van der Waals surface area contributed by atoms with Crippen molar-refractivity contribution in [2.24, 2.45) is 11.8 Å². The molecule has 1 fully saturated rings. The fourth-order valence-electron chi connectivity index (χ4n) is 3.07. The first-order valence-electron chi connectivity index (χ1n) is 9.55. The number of alkyl carbamates (subject to hydrolysis) is 1. The van der Waals surface area contributed by atoms with Gasteiger partial charge in [-0.2, -0.15) is 0 Å². The van der Waals surface area contributed by atoms with Gasteiger partial charge in [0.1, 0.15) is 11.6 Å². The van der Waals surface area contributed by atoms with Crippen LogP contribution >= 0.6 is 0 Å². The number of carboxylic acid groups (broad SMARTS) is 1. The lowest BCUT2D eigenvalue weighted by molar-refractivity contribution is -0.305. The summed E-state index contributed by atoms with van der Waals surface area (Å²) in [5.74, 6) is -2.24. The third kappa shape index (κ3) is 7.36. The molecule has 9 nitrogen and oxygen atoms in total. The lowest BCUT2D eigenvalue weighted by atomic mass is 9.94. The Bertz CT molecular complexity index is 591. The van der Waals surface area contributed by atoms with Gasteiger partial charge >= 0.3 is 6.09 Å². The Morgan fingerprint density at radius 3 is 2.14 bits per heavy atom. The average molecular weight is 398 g/mol. The molecule has 1 aliphatic heterocycles. The van der Waals surface area contributed by atoms with Gasteiger partial charge in [0, 0.05) is 26.1 Å². The molecule has 0 aromatic heterocycles. The first-order chi connectivity index (χ1) is 12.8. The molecule has 0 saturated carbocycles. The third-order valence-corrected chi connectivity index (χ3v) is 4.50. The number of piperidine rings is 1. The fourth-order valence-corrected chi connectivity index (χ4v) is 3.07. The minimum atomic E-state index is -1.31. The minimum absolute atomic E-state index is 0.131. The van der Waals surface area contributed by atoms with Crippen molar-refractivity contribution in [3.8, 4) is 0 Å². The molecular formula is C19H32N3O6-. The van der Waals surface area contributed by atoms with Gasteiger partial charge in [0.2, 0.25) is 11.8 Å². The van der Waals surface area contributed by atoms with E-state index >= 15 is 0 Å². The van der Waals surface area contributed by atoms with Gasteiger partial charge in [-0.05, 0) is 39.5 Å². The number of aliphatic carboxylic acids is 1. The Labute approximate surface area is 166 Å². The predicted octanol–water partition coefficient (Wildman–Crippen LogP) is -0.0174. The smallest absolute Gasteiger partial charge is 0.408 e. The van der Waals surface area contributed by atoms with Crippen LogP contribution in [-0.4, -0.2) is 72.0 Å². The molecule has 0 aliphatic carbocycles. The Kier molecular flexibility index (Phi) is 8.26. The van der Waals surface area contributed by atoms with Crippen molar-refractivity contribution in [3.63, 3.8) is 0 Å². The summed E-state index contributed by atoms with van der Waals surface area (Å²) in [6, 6.07) is -0.720. The van der Waals surface area contributed by atoms with Gasteiger partial charge in [-0.1, -0.05) is 13.8 Å². The molecule has 1 heterocycles. The second kappa shape index (κ2) is 9.75. The van der Waals surface area contributed by atoms with Crippen molar-refractivity contribution >= 4 is 23.9 Å². The molecule has 3 amide bonds. The number of hydrogen-bond donors (Lipinski definition) is 1. The largest absolute Gasteiger partial charge is 0.548 e. The molecule has 0 spiro atoms. The quantitative estimate of drug-likeness (QED) is 0.672. The molecule has 0 aromatic carbocycles. The number of hydrogen-bond acceptors (Lipinski definition) is 6. The lowest BCUT2D eigenvalue weighted by Gasteiger charge is -2.36. The van der Waals surface area contributed by atoms with Gasteiger partial charge in [0.25, 0.3) is 0 Å². The number of likely N-dealkylation sites (N-methyl/N-ethyl adjacent to an activating group) is 1. The maximum absolute atomic E-state index is 12.9. The lowest BCUT2D eigenvalue weighted by Crippen LogP contribution is -2.54. The summed E-state index contributed by atoms with van der Waals surface area (Å²) in [5.41, 5.74) is -0.662. The molecule has 1 N–H and O–H groups in total. The van der Waals surface area contributed by atoms with E-state index in [-0.39, 0.29) is 23.7 Å². The van der Waals surface area contributed by atoms with E-state index in [2.05, 4.69) is 5.32 Å². The van der Waals surface area contributed by atoms with Crippen LogP contribution in [0, 0.1) is 11.8 Å². The number of carboxylic acids is 1. The monoisotopic (exact) mass is 398 g/mol. The van der Waals surface area contributed by atoms with Gasteiger partial charge in [0.05, 0.1) is 12.5 Å². The second-order valence-electron chi connectivity index (χ2n) is 8.53. The Balaban J connectivity index is 2.65. The first kappa shape index (κ1) is 23.7. The van der Waals surface area contributed by atoms with Crippen molar-refractivity contribution in [3.05, 3.63) is 0 Å². The first-order valence-corrected chi connectivity index (χ1v) is 9.55. The van der Waals surface area contributed by atoms with Crippen LogP contribution in [0.5, 0.6) is 0 Å². The molecule has 1 saturated heterocycles. The molecule has 0 bridgehead atoms. The average Bonchev–Trinajstić information content (AvgIpc) is 2.56. The molecular weight excluding hydrogens is 366 g/mol. The molecule has 1 rings (SSSR count). The van der Waals surface area contributed by atoms with Crippen LogP contribution in [0.3, 0.4) is 0 Å². The molecule has 1 atom stereocenters. The van der Waals surface area contributed by atoms with E-state index in [1.807, 2.05) is 13.8 Å². The van der Waals surface area contributed by atoms with Crippen molar-refractivity contribution in [2.75, 3.05) is 26.7 Å². The van der Waals surface area contributed by atoms with E-state index < -0.39 is 30.3 Å². The highest BCUT2D eigenvalue weighted by atomic mass is 16.6. The Morgan fingerprint density at radius 2 is 1.71 bits per heavy atom. The standard InChI is InChI=1S/C19H33N3O6/c1-12(2)15(20-18(27)28-19(3,4)5)17(26)22-9-7-13(8-10-22)16(25)21(6)11-14(23)24/h12-13,15H,7-11H2,1-6H3,(H,20,27)(H,23,24)/p-1/t15-/m0/s1. The fraction of sp³-hybridized carbons (Fsp3) is 0.789. The SMILES string of the molecule is CC(C)[C@H](NC(=O)OC(C)(C)C)C(=O)N1CCC(C(=O)N(C)CC(=O)[O-])CC1. The maximum Gasteiger partial charge on any atom is 0.408 e. The zero-order chi connectivity index (χ0) is 21.6. The Hall–Kier alpha value is -2.32. The van der Waals surface area contributed by atoms with Crippen LogP contribution in [0.4, 0.5) is 4.79 Å². The van der Waals surface area contributed by atoms with Gasteiger partial charge < -0.3 is 29.8 Å². The molecule has 0 aromatic rings. The predicted molar refractivity (Wildman–Crippen MR) is 99.9 cm³/mol. The van der Waals surface area contributed by atoms with Gasteiger partial charge in [-0.15, -0.1) is 0 Å². The van der Waals surface area contributed by atoms with Crippen LogP contribution in [-0.2, 0) is 19.1 Å². The highest BCUT2D eigenvalue weighted by Gasteiger charge is 2.34. The van der Waals surface area contributed by atoms with Crippen LogP contribution in [0.2, 0.25) is 0 Å². The third-order valence-electron chi connectivity index (χ3n) is 4.50. The van der Waals surface area contributed by atoms with E-state index in [1.54, 1.807) is 25.7 Å². The topological polar surface area (TPSA) is 119 Å². The summed E-state index contributed by atoms with van der Waals surface area (Å²) in [5, 5.41) is 13.3. The van der Waals surface area contributed by atoms with Gasteiger partial charge in [-0.3, -0.25) is 9.59 Å². The molecule has 0 radical (unpaired) electrons. The summed E-state index contributed by atoms with van der Waals surface area (Å²) < 4.78 is 5.24. The highest BCUT2D eigenvalue weighted by molar-refractivity contribution is 5.87. The molecule has 160 valence electrons. The van der Waals surface area contributed by atoms with Crippen molar-refractivity contribution < 1.29 is 29.0 Å². The second-order valence-corrected chi connectivity index (χ2v) is 8.53. The number of nitrogens with one attached hydrogen (secondary N) is 1. The van der Waals surface area contributed by atoms with Crippen molar-refractivity contribution in [2.45, 2.75) is 59.1 Å². The van der Waals surface area contributed by atoms with E-state index in [0.29, 0.717) is 25.9 Å². The number of amides is 3. The van der Waals surface area contributed by atoms with Crippen molar-refractivity contribution in [1.29, 1.82) is 0 Å². The van der Waals surface area contributed by atoms with Crippen LogP contribution in [0.15, 0.2) is 0 Å². The number of carbonyl (C=O) groups is 4. The number of likely N-dealkylation sites (tertiary alicyclic amines) is 1. The minimum Gasteiger partial charge on any atom is -0.548 e. The number of rotatable bonds is 6. The van der Waals surface area contributed by atoms with E-state index in [4.69, 9.17) is 4.74 Å². The summed E-state index contributed by atoms with van der Waals surface area (Å²) in [7, 11) is 1.43. The van der Waals surface area contributed by atoms with E-state index in [0.717, 1.165) is 4.90 Å². The normalized spacial score (nSPS) is 16.5. The van der Waals surface area contributed by atoms with Crippen LogP contribution < -0.4 is 10.4 Å². The van der Waals surface area contributed by atoms with Gasteiger partial charge in [0.15, 0.2) is 0 Å². The van der Waals surface area contributed by atoms with E-state index in [9.17, 15) is 24.3 Å². The van der Waals surface area contributed by atoms with Crippen LogP contribution in [0.1, 0.15) is 47.5 Å². The van der Waals surface area contributed by atoms with Gasteiger partial charge in [-0.25, -0.2) is 4.79 Å². The maximum atomic E-state index is 12.9. The van der Waals surface area contributed by atoms with E-state index in [1.165, 1.54) is 7.05 Å². The molecule has 0 unspecified atom stereocenters. The zero-order valence-electron chi connectivity index (χ0n) is 17.6. The zero-order valence-corrected chi connectivity index (χ0v) is 17.6. The molecule has 9 heteroatoms. The van der Waals surface area contributed by atoms with Crippen molar-refractivity contribution in [1.82, 2.24) is 15.1 Å². The number of ether oxygens (including phenoxy) is 1. The number of nitrogens with zero attached hydrogens (tertiary/aromatic N) is 2. The molecule has 1 aliphatic rings.